The van der Waals surface area contributed by atoms with E-state index in [1.54, 1.807) is 0 Å². The van der Waals surface area contributed by atoms with Gasteiger partial charge in [-0.3, -0.25) is 9.79 Å². The van der Waals surface area contributed by atoms with Crippen molar-refractivity contribution in [2.75, 3.05) is 30.7 Å². The number of amides is 1. The van der Waals surface area contributed by atoms with Crippen molar-refractivity contribution in [3.63, 3.8) is 0 Å². The Morgan fingerprint density at radius 1 is 1.09 bits per heavy atom. The lowest BCUT2D eigenvalue weighted by Crippen LogP contribution is -2.41. The second kappa shape index (κ2) is 10.0. The SMILES string of the molecule is CCN1CCC2(CC1)N=C(SCC(=O)Nc1cccc(C)c1)C(c1ccc(C(C)(C)C)cc1)=N2. The van der Waals surface area contributed by atoms with Crippen LogP contribution in [-0.2, 0) is 10.2 Å². The lowest BCUT2D eigenvalue weighted by atomic mass is 9.86. The number of nitrogens with zero attached hydrogens (tertiary/aromatic N) is 3. The monoisotopic (exact) mass is 476 g/mol. The van der Waals surface area contributed by atoms with E-state index in [-0.39, 0.29) is 17.0 Å². The molecule has 0 saturated carbocycles. The van der Waals surface area contributed by atoms with Crippen LogP contribution in [0, 0.1) is 6.92 Å². The van der Waals surface area contributed by atoms with Gasteiger partial charge < -0.3 is 10.2 Å². The summed E-state index contributed by atoms with van der Waals surface area (Å²) in [5.41, 5.74) is 4.97. The van der Waals surface area contributed by atoms with Crippen molar-refractivity contribution in [2.24, 2.45) is 9.98 Å². The van der Waals surface area contributed by atoms with Crippen LogP contribution in [0.3, 0.4) is 0 Å². The number of piperidine rings is 1. The molecule has 34 heavy (non-hydrogen) atoms. The van der Waals surface area contributed by atoms with Gasteiger partial charge in [-0.1, -0.05) is 75.9 Å². The summed E-state index contributed by atoms with van der Waals surface area (Å²) in [7, 11) is 0. The molecule has 0 aromatic heterocycles. The zero-order valence-corrected chi connectivity index (χ0v) is 21.8. The number of hydrogen-bond acceptors (Lipinski definition) is 5. The van der Waals surface area contributed by atoms with E-state index in [9.17, 15) is 4.79 Å². The summed E-state index contributed by atoms with van der Waals surface area (Å²) in [6.45, 7) is 14.0. The van der Waals surface area contributed by atoms with Crippen molar-refractivity contribution in [1.29, 1.82) is 0 Å². The number of nitrogens with one attached hydrogen (secondary N) is 1. The second-order valence-electron chi connectivity index (χ2n) is 10.3. The van der Waals surface area contributed by atoms with Crippen LogP contribution in [0.5, 0.6) is 0 Å². The van der Waals surface area contributed by atoms with Gasteiger partial charge in [0.05, 0.1) is 11.5 Å². The van der Waals surface area contributed by atoms with Gasteiger partial charge in [0.1, 0.15) is 5.04 Å². The number of aryl methyl sites for hydroxylation is 1. The fraction of sp³-hybridized carbons (Fsp3) is 0.464. The first-order chi connectivity index (χ1) is 16.2. The van der Waals surface area contributed by atoms with Gasteiger partial charge in [-0.25, -0.2) is 4.99 Å². The molecule has 2 aromatic carbocycles. The number of aliphatic imine (C=N–C) groups is 2. The Hall–Kier alpha value is -2.44. The minimum absolute atomic E-state index is 0.0255. The van der Waals surface area contributed by atoms with E-state index in [4.69, 9.17) is 9.98 Å². The van der Waals surface area contributed by atoms with E-state index in [1.165, 1.54) is 17.3 Å². The molecule has 5 nitrogen and oxygen atoms in total. The first-order valence-corrected chi connectivity index (χ1v) is 13.2. The molecule has 0 radical (unpaired) electrons. The highest BCUT2D eigenvalue weighted by molar-refractivity contribution is 8.16. The molecule has 1 amide bonds. The van der Waals surface area contributed by atoms with Gasteiger partial charge in [0.2, 0.25) is 5.91 Å². The number of anilines is 1. The summed E-state index contributed by atoms with van der Waals surface area (Å²) in [6.07, 6.45) is 1.84. The molecule has 0 aliphatic carbocycles. The van der Waals surface area contributed by atoms with E-state index in [2.05, 4.69) is 62.2 Å². The maximum atomic E-state index is 12.7. The zero-order chi connectivity index (χ0) is 24.3. The first-order valence-electron chi connectivity index (χ1n) is 12.2. The summed E-state index contributed by atoms with van der Waals surface area (Å²) >= 11 is 1.50. The molecular formula is C28H36N4OS. The Kier molecular flexibility index (Phi) is 7.29. The van der Waals surface area contributed by atoms with Gasteiger partial charge >= 0.3 is 0 Å². The minimum atomic E-state index is -0.390. The number of carbonyl (C=O) groups excluding carboxylic acids is 1. The number of rotatable bonds is 5. The maximum absolute atomic E-state index is 12.7. The van der Waals surface area contributed by atoms with E-state index in [1.807, 2.05) is 31.2 Å². The third-order valence-electron chi connectivity index (χ3n) is 6.60. The number of thioether (sulfide) groups is 1. The summed E-state index contributed by atoms with van der Waals surface area (Å²) in [6, 6.07) is 16.6. The van der Waals surface area contributed by atoms with Gasteiger partial charge in [-0.2, -0.15) is 0 Å². The Bertz CT molecular complexity index is 1090. The van der Waals surface area contributed by atoms with Gasteiger partial charge in [-0.15, -0.1) is 0 Å². The highest BCUT2D eigenvalue weighted by atomic mass is 32.2. The predicted molar refractivity (Wildman–Crippen MR) is 145 cm³/mol. The molecule has 0 bridgehead atoms. The molecule has 180 valence electrons. The molecule has 1 N–H and O–H groups in total. The molecule has 0 unspecified atom stereocenters. The normalized spacial score (nSPS) is 18.0. The topological polar surface area (TPSA) is 57.1 Å². The molecule has 2 aromatic rings. The van der Waals surface area contributed by atoms with Crippen molar-refractivity contribution < 1.29 is 4.79 Å². The molecule has 6 heteroatoms. The average Bonchev–Trinajstić information content (AvgIpc) is 3.16. The summed E-state index contributed by atoms with van der Waals surface area (Å²) in [4.78, 5) is 25.5. The zero-order valence-electron chi connectivity index (χ0n) is 21.0. The highest BCUT2D eigenvalue weighted by Gasteiger charge is 2.39. The lowest BCUT2D eigenvalue weighted by Gasteiger charge is -2.34. The summed E-state index contributed by atoms with van der Waals surface area (Å²) in [5, 5.41) is 3.89. The largest absolute Gasteiger partial charge is 0.325 e. The molecule has 0 atom stereocenters. The van der Waals surface area contributed by atoms with Gasteiger partial charge in [0, 0.05) is 37.2 Å². The fourth-order valence-corrected chi connectivity index (χ4v) is 5.32. The molecule has 2 aliphatic heterocycles. The molecule has 1 saturated heterocycles. The average molecular weight is 477 g/mol. The van der Waals surface area contributed by atoms with Gasteiger partial charge in [-0.05, 0) is 42.1 Å². The Morgan fingerprint density at radius 3 is 2.41 bits per heavy atom. The molecule has 4 rings (SSSR count). The van der Waals surface area contributed by atoms with Crippen LogP contribution in [0.4, 0.5) is 5.69 Å². The predicted octanol–water partition coefficient (Wildman–Crippen LogP) is 5.68. The van der Waals surface area contributed by atoms with Crippen LogP contribution in [0.25, 0.3) is 0 Å². The van der Waals surface area contributed by atoms with Crippen LogP contribution >= 0.6 is 11.8 Å². The van der Waals surface area contributed by atoms with Crippen LogP contribution < -0.4 is 5.32 Å². The Balaban J connectivity index is 1.53. The van der Waals surface area contributed by atoms with Crippen LogP contribution in [0.15, 0.2) is 58.5 Å². The summed E-state index contributed by atoms with van der Waals surface area (Å²) < 4.78 is 0. The van der Waals surface area contributed by atoms with Crippen LogP contribution in [0.2, 0.25) is 0 Å². The number of benzene rings is 2. The smallest absolute Gasteiger partial charge is 0.234 e. The quantitative estimate of drug-likeness (QED) is 0.604. The van der Waals surface area contributed by atoms with Crippen molar-refractivity contribution >= 4 is 34.1 Å². The molecule has 1 fully saturated rings. The first kappa shape index (κ1) is 24.7. The third kappa shape index (κ3) is 5.78. The fourth-order valence-electron chi connectivity index (χ4n) is 4.44. The van der Waals surface area contributed by atoms with E-state index in [0.29, 0.717) is 5.75 Å². The number of likely N-dealkylation sites (tertiary alicyclic amines) is 1. The molecule has 2 aliphatic rings. The second-order valence-corrected chi connectivity index (χ2v) is 11.3. The van der Waals surface area contributed by atoms with Crippen molar-refractivity contribution in [1.82, 2.24) is 4.90 Å². The minimum Gasteiger partial charge on any atom is -0.325 e. The van der Waals surface area contributed by atoms with Crippen LogP contribution in [0.1, 0.15) is 57.2 Å². The lowest BCUT2D eigenvalue weighted by molar-refractivity contribution is -0.113. The maximum Gasteiger partial charge on any atom is 0.234 e. The number of hydrogen-bond donors (Lipinski definition) is 1. The van der Waals surface area contributed by atoms with Crippen LogP contribution in [-0.4, -0.2) is 52.6 Å². The third-order valence-corrected chi connectivity index (χ3v) is 7.57. The van der Waals surface area contributed by atoms with Crippen molar-refractivity contribution in [2.45, 2.75) is 58.5 Å². The van der Waals surface area contributed by atoms with Crippen molar-refractivity contribution in [3.8, 4) is 0 Å². The molecular weight excluding hydrogens is 440 g/mol. The van der Waals surface area contributed by atoms with Gasteiger partial charge in [0.25, 0.3) is 0 Å². The Morgan fingerprint density at radius 2 is 1.79 bits per heavy atom. The summed E-state index contributed by atoms with van der Waals surface area (Å²) in [5.74, 6) is 0.283. The molecule has 2 heterocycles. The highest BCUT2D eigenvalue weighted by Crippen LogP contribution is 2.36. The van der Waals surface area contributed by atoms with Crippen molar-refractivity contribution in [3.05, 3.63) is 65.2 Å². The van der Waals surface area contributed by atoms with E-state index < -0.39 is 0 Å². The number of carbonyl (C=O) groups is 1. The Labute approximate surface area is 208 Å². The van der Waals surface area contributed by atoms with Gasteiger partial charge in [0.15, 0.2) is 5.66 Å². The van der Waals surface area contributed by atoms with E-state index >= 15 is 0 Å². The standard InChI is InChI=1S/C28H36N4OS/c1-6-32-16-14-28(15-17-32)30-25(21-10-12-22(13-11-21)27(3,4)5)26(31-28)34-19-24(33)29-23-9-7-8-20(2)18-23/h7-13,18H,6,14-17,19H2,1-5H3,(H,29,33). The molecule has 1 spiro atoms. The van der Waals surface area contributed by atoms with E-state index in [0.717, 1.165) is 60.0 Å².